The molecule has 2 aromatic rings. The monoisotopic (exact) mass is 123 g/mol. The zero-order chi connectivity index (χ0) is 5.40. The van der Waals surface area contributed by atoms with E-state index in [9.17, 15) is 0 Å². The second kappa shape index (κ2) is 1.36. The molecule has 0 spiro atoms. The van der Waals surface area contributed by atoms with E-state index < -0.39 is 0 Å². The predicted octanol–water partition coefficient (Wildman–Crippen LogP) is 2.29. The molecule has 0 saturated carbocycles. The molecule has 0 atom stereocenters. The molecule has 2 aromatic heterocycles. The minimum absolute atomic E-state index is 0.940. The van der Waals surface area contributed by atoms with Crippen LogP contribution < -0.4 is 0 Å². The minimum atomic E-state index is 0.940. The van der Waals surface area contributed by atoms with Gasteiger partial charge in [-0.1, -0.05) is 0 Å². The van der Waals surface area contributed by atoms with E-state index in [2.05, 4.69) is 5.38 Å². The highest BCUT2D eigenvalue weighted by Gasteiger charge is 1.93. The van der Waals surface area contributed by atoms with Crippen LogP contribution in [0.3, 0.4) is 0 Å². The summed E-state index contributed by atoms with van der Waals surface area (Å²) in [5.74, 6) is 0. The summed E-state index contributed by atoms with van der Waals surface area (Å²) in [5.41, 5.74) is 0.940. The van der Waals surface area contributed by atoms with Crippen molar-refractivity contribution in [2.75, 3.05) is 0 Å². The van der Waals surface area contributed by atoms with Crippen LogP contribution in [-0.4, -0.2) is 0 Å². The van der Waals surface area contributed by atoms with Crippen molar-refractivity contribution < 1.29 is 4.42 Å². The summed E-state index contributed by atoms with van der Waals surface area (Å²) in [6, 6.07) is 3.79. The van der Waals surface area contributed by atoms with Crippen LogP contribution in [-0.2, 0) is 0 Å². The first-order chi connectivity index (χ1) is 3.97. The lowest BCUT2D eigenvalue weighted by atomic mass is 10.5. The van der Waals surface area contributed by atoms with Crippen LogP contribution in [0.25, 0.3) is 10.3 Å². The Bertz CT molecular complexity index is 230. The lowest BCUT2D eigenvalue weighted by Gasteiger charge is -1.65. The van der Waals surface area contributed by atoms with Crippen molar-refractivity contribution in [3.8, 4) is 0 Å². The third kappa shape index (κ3) is 0.406. The molecule has 0 aliphatic heterocycles. The zero-order valence-corrected chi connectivity index (χ0v) is 4.87. The van der Waals surface area contributed by atoms with Crippen LogP contribution in [0.15, 0.2) is 22.8 Å². The Morgan fingerprint density at radius 2 is 2.62 bits per heavy atom. The van der Waals surface area contributed by atoms with Gasteiger partial charge in [-0.2, -0.15) is 0 Å². The maximum atomic E-state index is 5.04. The summed E-state index contributed by atoms with van der Waals surface area (Å²) in [6.07, 6.45) is 1.69. The highest BCUT2D eigenvalue weighted by atomic mass is 32.1. The van der Waals surface area contributed by atoms with E-state index >= 15 is 0 Å². The smallest absolute Gasteiger partial charge is 0.145 e. The molecule has 0 fully saturated rings. The Hall–Kier alpha value is -0.760. The molecule has 0 aliphatic rings. The second-order valence-electron chi connectivity index (χ2n) is 1.51. The molecule has 0 bridgehead atoms. The SMILES string of the molecule is [c]1cc2occc2s1. The molecule has 0 aliphatic carbocycles. The van der Waals surface area contributed by atoms with Crippen molar-refractivity contribution in [3.63, 3.8) is 0 Å². The van der Waals surface area contributed by atoms with E-state index in [1.54, 1.807) is 17.6 Å². The summed E-state index contributed by atoms with van der Waals surface area (Å²) >= 11 is 1.58. The number of hydrogen-bond donors (Lipinski definition) is 0. The molecule has 39 valence electrons. The van der Waals surface area contributed by atoms with Crippen molar-refractivity contribution in [3.05, 3.63) is 23.8 Å². The van der Waals surface area contributed by atoms with Gasteiger partial charge in [0.15, 0.2) is 0 Å². The molecule has 2 heteroatoms. The Kier molecular flexibility index (Phi) is 0.704. The van der Waals surface area contributed by atoms with E-state index in [0.29, 0.717) is 0 Å². The standard InChI is InChI=1S/C6H3OS/c1-3-7-5-2-4-8-6(1)5/h1-3H. The fraction of sp³-hybridized carbons (Fsp3) is 0. The van der Waals surface area contributed by atoms with Crippen LogP contribution in [0.2, 0.25) is 0 Å². The summed E-state index contributed by atoms with van der Waals surface area (Å²) in [7, 11) is 0. The number of furan rings is 1. The van der Waals surface area contributed by atoms with Gasteiger partial charge < -0.3 is 4.42 Å². The van der Waals surface area contributed by atoms with Crippen LogP contribution in [0.1, 0.15) is 0 Å². The number of rotatable bonds is 0. The molecule has 0 N–H and O–H groups in total. The van der Waals surface area contributed by atoms with Gasteiger partial charge in [0.05, 0.1) is 11.0 Å². The molecule has 8 heavy (non-hydrogen) atoms. The van der Waals surface area contributed by atoms with E-state index in [1.165, 1.54) is 4.70 Å². The lowest BCUT2D eigenvalue weighted by molar-refractivity contribution is 0.616. The van der Waals surface area contributed by atoms with Crippen molar-refractivity contribution in [2.24, 2.45) is 0 Å². The van der Waals surface area contributed by atoms with Gasteiger partial charge in [0.25, 0.3) is 0 Å². The van der Waals surface area contributed by atoms with Gasteiger partial charge in [-0.15, -0.1) is 11.3 Å². The summed E-state index contributed by atoms with van der Waals surface area (Å²) in [5, 5.41) is 2.97. The largest absolute Gasteiger partial charge is 0.463 e. The first kappa shape index (κ1) is 4.15. The van der Waals surface area contributed by atoms with Crippen LogP contribution in [0.4, 0.5) is 0 Å². The van der Waals surface area contributed by atoms with Crippen molar-refractivity contribution in [1.82, 2.24) is 0 Å². The molecule has 0 amide bonds. The van der Waals surface area contributed by atoms with Crippen LogP contribution in [0, 0.1) is 5.38 Å². The molecular weight excluding hydrogens is 120 g/mol. The van der Waals surface area contributed by atoms with Crippen molar-refractivity contribution in [2.45, 2.75) is 0 Å². The van der Waals surface area contributed by atoms with E-state index in [4.69, 9.17) is 4.42 Å². The van der Waals surface area contributed by atoms with Gasteiger partial charge in [0, 0.05) is 11.4 Å². The third-order valence-corrected chi connectivity index (χ3v) is 1.81. The highest BCUT2D eigenvalue weighted by Crippen LogP contribution is 2.19. The lowest BCUT2D eigenvalue weighted by Crippen LogP contribution is -1.37. The van der Waals surface area contributed by atoms with Crippen LogP contribution >= 0.6 is 11.3 Å². The number of hydrogen-bond acceptors (Lipinski definition) is 2. The van der Waals surface area contributed by atoms with Crippen molar-refractivity contribution in [1.29, 1.82) is 0 Å². The van der Waals surface area contributed by atoms with Gasteiger partial charge in [-0.05, 0) is 6.07 Å². The molecule has 2 rings (SSSR count). The summed E-state index contributed by atoms with van der Waals surface area (Å²) < 4.78 is 6.21. The fourth-order valence-electron chi connectivity index (χ4n) is 0.645. The first-order valence-electron chi connectivity index (χ1n) is 2.30. The quantitative estimate of drug-likeness (QED) is 0.523. The summed E-state index contributed by atoms with van der Waals surface area (Å²) in [6.45, 7) is 0. The average molecular weight is 123 g/mol. The molecule has 1 nitrogen and oxygen atoms in total. The second-order valence-corrected chi connectivity index (χ2v) is 2.39. The fourth-order valence-corrected chi connectivity index (χ4v) is 1.27. The Labute approximate surface area is 50.5 Å². The van der Waals surface area contributed by atoms with Gasteiger partial charge >= 0.3 is 0 Å². The van der Waals surface area contributed by atoms with E-state index in [1.807, 2.05) is 12.1 Å². The third-order valence-electron chi connectivity index (χ3n) is 1.02. The molecule has 0 unspecified atom stereocenters. The van der Waals surface area contributed by atoms with E-state index in [0.717, 1.165) is 5.58 Å². The minimum Gasteiger partial charge on any atom is -0.463 e. The number of fused-ring (bicyclic) bond motifs is 1. The Morgan fingerprint density at radius 3 is 3.50 bits per heavy atom. The van der Waals surface area contributed by atoms with Gasteiger partial charge in [-0.3, -0.25) is 0 Å². The van der Waals surface area contributed by atoms with Gasteiger partial charge in [0.2, 0.25) is 0 Å². The Morgan fingerprint density at radius 1 is 1.62 bits per heavy atom. The molecule has 2 heterocycles. The topological polar surface area (TPSA) is 13.1 Å². The predicted molar refractivity (Wildman–Crippen MR) is 32.9 cm³/mol. The molecular formula is C6H3OS. The zero-order valence-electron chi connectivity index (χ0n) is 4.05. The molecule has 0 saturated heterocycles. The van der Waals surface area contributed by atoms with Crippen molar-refractivity contribution >= 4 is 21.6 Å². The van der Waals surface area contributed by atoms with Gasteiger partial charge in [-0.25, -0.2) is 0 Å². The maximum Gasteiger partial charge on any atom is 0.145 e. The highest BCUT2D eigenvalue weighted by molar-refractivity contribution is 7.16. The average Bonchev–Trinajstić information content (AvgIpc) is 2.15. The first-order valence-corrected chi connectivity index (χ1v) is 3.11. The van der Waals surface area contributed by atoms with Crippen LogP contribution in [0.5, 0.6) is 0 Å². The Balaban J connectivity index is 3.06. The molecule has 1 radical (unpaired) electrons. The number of thiophene rings is 1. The van der Waals surface area contributed by atoms with E-state index in [-0.39, 0.29) is 0 Å². The van der Waals surface area contributed by atoms with Gasteiger partial charge in [0.1, 0.15) is 5.58 Å². The molecule has 0 aromatic carbocycles. The summed E-state index contributed by atoms with van der Waals surface area (Å²) in [4.78, 5) is 0. The normalized spacial score (nSPS) is 10.5. The maximum absolute atomic E-state index is 5.04.